The third-order valence-electron chi connectivity index (χ3n) is 3.73. The molecule has 1 heterocycles. The largest absolute Gasteiger partial charge is 0.363 e. The molecule has 6 heteroatoms. The van der Waals surface area contributed by atoms with E-state index in [1.165, 1.54) is 0 Å². The summed E-state index contributed by atoms with van der Waals surface area (Å²) in [4.78, 5) is 22.8. The van der Waals surface area contributed by atoms with Crippen molar-refractivity contribution in [2.45, 2.75) is 32.9 Å². The monoisotopic (exact) mass is 327 g/mol. The van der Waals surface area contributed by atoms with Crippen LogP contribution in [0.2, 0.25) is 0 Å². The molecule has 0 bridgehead atoms. The van der Waals surface area contributed by atoms with Gasteiger partial charge in [-0.1, -0.05) is 19.1 Å². The van der Waals surface area contributed by atoms with Crippen molar-refractivity contribution < 1.29 is 4.79 Å². The highest BCUT2D eigenvalue weighted by Gasteiger charge is 2.09. The second-order valence-electron chi connectivity index (χ2n) is 5.97. The molecule has 2 rings (SSSR count). The predicted octanol–water partition coefficient (Wildman–Crippen LogP) is 2.68. The van der Waals surface area contributed by atoms with Gasteiger partial charge in [-0.15, -0.1) is 0 Å². The van der Waals surface area contributed by atoms with Crippen LogP contribution in [0.4, 0.5) is 11.8 Å². The summed E-state index contributed by atoms with van der Waals surface area (Å²) in [6.07, 6.45) is 2.63. The third kappa shape index (κ3) is 4.94. The maximum atomic E-state index is 12.2. The molecule has 0 aliphatic heterocycles. The maximum Gasteiger partial charge on any atom is 0.251 e. The molecule has 0 aliphatic rings. The van der Waals surface area contributed by atoms with Crippen LogP contribution in [-0.4, -0.2) is 36.0 Å². The zero-order valence-electron chi connectivity index (χ0n) is 14.7. The van der Waals surface area contributed by atoms with Crippen LogP contribution in [0.15, 0.2) is 36.5 Å². The smallest absolute Gasteiger partial charge is 0.251 e. The number of benzene rings is 1. The van der Waals surface area contributed by atoms with E-state index in [2.05, 4.69) is 20.6 Å². The van der Waals surface area contributed by atoms with Crippen LogP contribution >= 0.6 is 0 Å². The summed E-state index contributed by atoms with van der Waals surface area (Å²) in [5, 5.41) is 6.17. The number of anilines is 2. The molecule has 1 aromatic carbocycles. The van der Waals surface area contributed by atoms with Gasteiger partial charge in [0.15, 0.2) is 0 Å². The lowest BCUT2D eigenvalue weighted by molar-refractivity contribution is 0.0939. The lowest BCUT2D eigenvalue weighted by atomic mass is 10.1. The first-order chi connectivity index (χ1) is 11.5. The topological polar surface area (TPSA) is 70.2 Å². The summed E-state index contributed by atoms with van der Waals surface area (Å²) in [7, 11) is 3.87. The van der Waals surface area contributed by atoms with Crippen molar-refractivity contribution >= 4 is 17.7 Å². The number of amides is 1. The molecule has 0 saturated heterocycles. The van der Waals surface area contributed by atoms with Crippen molar-refractivity contribution in [3.8, 4) is 0 Å². The summed E-state index contributed by atoms with van der Waals surface area (Å²) in [6.45, 7) is 4.60. The van der Waals surface area contributed by atoms with Crippen molar-refractivity contribution in [1.29, 1.82) is 0 Å². The Kier molecular flexibility index (Phi) is 6.12. The lowest BCUT2D eigenvalue weighted by Gasteiger charge is -2.13. The molecule has 24 heavy (non-hydrogen) atoms. The Morgan fingerprint density at radius 3 is 2.79 bits per heavy atom. The fourth-order valence-electron chi connectivity index (χ4n) is 2.10. The van der Waals surface area contributed by atoms with E-state index in [-0.39, 0.29) is 11.9 Å². The molecule has 0 fully saturated rings. The summed E-state index contributed by atoms with van der Waals surface area (Å²) >= 11 is 0. The Balaban J connectivity index is 2.02. The van der Waals surface area contributed by atoms with Crippen LogP contribution in [0, 0.1) is 0 Å². The van der Waals surface area contributed by atoms with Crippen molar-refractivity contribution in [3.63, 3.8) is 0 Å². The van der Waals surface area contributed by atoms with E-state index in [1.54, 1.807) is 6.20 Å². The summed E-state index contributed by atoms with van der Waals surface area (Å²) in [5.74, 6) is 1.36. The average molecular weight is 327 g/mol. The van der Waals surface area contributed by atoms with Gasteiger partial charge in [-0.3, -0.25) is 4.79 Å². The number of hydrogen-bond acceptors (Lipinski definition) is 5. The van der Waals surface area contributed by atoms with E-state index in [9.17, 15) is 4.79 Å². The van der Waals surface area contributed by atoms with E-state index >= 15 is 0 Å². The molecule has 1 atom stereocenters. The van der Waals surface area contributed by atoms with E-state index in [1.807, 2.05) is 63.2 Å². The fourth-order valence-corrected chi connectivity index (χ4v) is 2.10. The second kappa shape index (κ2) is 8.29. The van der Waals surface area contributed by atoms with Crippen LogP contribution in [0.5, 0.6) is 0 Å². The Morgan fingerprint density at radius 1 is 1.29 bits per heavy atom. The van der Waals surface area contributed by atoms with E-state index < -0.39 is 0 Å². The lowest BCUT2D eigenvalue weighted by Crippen LogP contribution is -2.31. The highest BCUT2D eigenvalue weighted by atomic mass is 16.1. The molecule has 128 valence electrons. The third-order valence-corrected chi connectivity index (χ3v) is 3.73. The Hall–Kier alpha value is -2.63. The predicted molar refractivity (Wildman–Crippen MR) is 97.3 cm³/mol. The van der Waals surface area contributed by atoms with Crippen LogP contribution in [0.25, 0.3) is 0 Å². The zero-order chi connectivity index (χ0) is 17.5. The second-order valence-corrected chi connectivity index (χ2v) is 5.97. The normalized spacial score (nSPS) is 11.7. The minimum Gasteiger partial charge on any atom is -0.363 e. The van der Waals surface area contributed by atoms with Crippen molar-refractivity contribution in [2.24, 2.45) is 0 Å². The molecule has 1 unspecified atom stereocenters. The minimum absolute atomic E-state index is 0.0444. The van der Waals surface area contributed by atoms with Gasteiger partial charge in [0.05, 0.1) is 0 Å². The van der Waals surface area contributed by atoms with Crippen LogP contribution < -0.4 is 15.5 Å². The number of hydrogen-bond donors (Lipinski definition) is 2. The van der Waals surface area contributed by atoms with E-state index in [4.69, 9.17) is 0 Å². The molecule has 2 N–H and O–H groups in total. The maximum absolute atomic E-state index is 12.2. The molecule has 1 aromatic heterocycles. The minimum atomic E-state index is -0.0444. The molecule has 6 nitrogen and oxygen atoms in total. The Morgan fingerprint density at radius 2 is 2.08 bits per heavy atom. The number of carbonyl (C=O) groups excluding carboxylic acids is 1. The molecule has 1 amide bonds. The first-order valence-electron chi connectivity index (χ1n) is 8.13. The van der Waals surface area contributed by atoms with Crippen molar-refractivity contribution in [2.75, 3.05) is 24.3 Å². The summed E-state index contributed by atoms with van der Waals surface area (Å²) in [5.41, 5.74) is 1.67. The van der Waals surface area contributed by atoms with Crippen molar-refractivity contribution in [3.05, 3.63) is 47.7 Å². The molecule has 0 spiro atoms. The van der Waals surface area contributed by atoms with Gasteiger partial charge in [0.25, 0.3) is 5.91 Å². The Bertz CT molecular complexity index is 687. The highest BCUT2D eigenvalue weighted by molar-refractivity contribution is 5.94. The number of aromatic nitrogens is 2. The van der Waals surface area contributed by atoms with Crippen LogP contribution in [0.1, 0.15) is 36.2 Å². The molecule has 0 aliphatic carbocycles. The SMILES string of the molecule is CCC(C)NC(=O)c1cccc(CNc2nccc(N(C)C)n2)c1. The zero-order valence-corrected chi connectivity index (χ0v) is 14.7. The van der Waals surface area contributed by atoms with Gasteiger partial charge in [0.2, 0.25) is 5.95 Å². The van der Waals surface area contributed by atoms with Gasteiger partial charge in [-0.2, -0.15) is 4.98 Å². The molecule has 0 radical (unpaired) electrons. The molecule has 2 aromatic rings. The van der Waals surface area contributed by atoms with E-state index in [0.29, 0.717) is 18.1 Å². The summed E-state index contributed by atoms with van der Waals surface area (Å²) < 4.78 is 0. The number of nitrogens with zero attached hydrogens (tertiary/aromatic N) is 3. The molecule has 0 saturated carbocycles. The molecular formula is C18H25N5O. The number of nitrogens with one attached hydrogen (secondary N) is 2. The van der Waals surface area contributed by atoms with Gasteiger partial charge < -0.3 is 15.5 Å². The first kappa shape index (κ1) is 17.7. The number of carbonyl (C=O) groups is 1. The van der Waals surface area contributed by atoms with Crippen LogP contribution in [-0.2, 0) is 6.54 Å². The van der Waals surface area contributed by atoms with Gasteiger partial charge in [-0.05, 0) is 37.1 Å². The van der Waals surface area contributed by atoms with Gasteiger partial charge in [0, 0.05) is 38.4 Å². The Labute approximate surface area is 143 Å². The van der Waals surface area contributed by atoms with Crippen molar-refractivity contribution in [1.82, 2.24) is 15.3 Å². The van der Waals surface area contributed by atoms with Gasteiger partial charge >= 0.3 is 0 Å². The van der Waals surface area contributed by atoms with Gasteiger partial charge in [0.1, 0.15) is 5.82 Å². The standard InChI is InChI=1S/C18H25N5O/c1-5-13(2)21-17(24)15-8-6-7-14(11-15)12-20-18-19-10-9-16(22-18)23(3)4/h6-11,13H,5,12H2,1-4H3,(H,21,24)(H,19,20,22). The summed E-state index contributed by atoms with van der Waals surface area (Å²) in [6, 6.07) is 9.60. The molecular weight excluding hydrogens is 302 g/mol. The van der Waals surface area contributed by atoms with Crippen LogP contribution in [0.3, 0.4) is 0 Å². The highest BCUT2D eigenvalue weighted by Crippen LogP contribution is 2.11. The quantitative estimate of drug-likeness (QED) is 0.818. The average Bonchev–Trinajstić information content (AvgIpc) is 2.60. The first-order valence-corrected chi connectivity index (χ1v) is 8.13. The fraction of sp³-hybridized carbons (Fsp3) is 0.389. The van der Waals surface area contributed by atoms with E-state index in [0.717, 1.165) is 17.8 Å². The van der Waals surface area contributed by atoms with Gasteiger partial charge in [-0.25, -0.2) is 4.98 Å². The number of rotatable bonds is 7.